The van der Waals surface area contributed by atoms with E-state index < -0.39 is 28.8 Å². The van der Waals surface area contributed by atoms with Crippen molar-refractivity contribution in [3.63, 3.8) is 0 Å². The SMILES string of the molecule is O=c1[nH]c(C2CCCCC2)nc2c1CCN(Cc1c(F)c(F)cc(F)c1F)C2. The van der Waals surface area contributed by atoms with Crippen LogP contribution < -0.4 is 5.56 Å². The summed E-state index contributed by atoms with van der Waals surface area (Å²) in [7, 11) is 0. The number of benzene rings is 1. The Bertz CT molecular complexity index is 927. The highest BCUT2D eigenvalue weighted by molar-refractivity contribution is 5.25. The summed E-state index contributed by atoms with van der Waals surface area (Å²) in [6.45, 7) is 0.257. The van der Waals surface area contributed by atoms with Crippen LogP contribution in [-0.2, 0) is 19.5 Å². The molecule has 1 aliphatic carbocycles. The Balaban J connectivity index is 1.60. The highest BCUT2D eigenvalue weighted by Crippen LogP contribution is 2.31. The molecule has 1 N–H and O–H groups in total. The van der Waals surface area contributed by atoms with E-state index in [0.717, 1.165) is 25.7 Å². The Kier molecular flexibility index (Phi) is 5.23. The summed E-state index contributed by atoms with van der Waals surface area (Å²) in [5.74, 6) is -4.72. The molecule has 0 unspecified atom stereocenters. The van der Waals surface area contributed by atoms with E-state index in [2.05, 4.69) is 9.97 Å². The largest absolute Gasteiger partial charge is 0.310 e. The number of aromatic nitrogens is 2. The van der Waals surface area contributed by atoms with Gasteiger partial charge in [0, 0.05) is 42.7 Å². The lowest BCUT2D eigenvalue weighted by Crippen LogP contribution is -2.36. The molecule has 0 radical (unpaired) electrons. The highest BCUT2D eigenvalue weighted by Gasteiger charge is 2.27. The second kappa shape index (κ2) is 7.66. The minimum Gasteiger partial charge on any atom is -0.310 e. The van der Waals surface area contributed by atoms with Crippen molar-refractivity contribution in [3.05, 3.63) is 62.3 Å². The lowest BCUT2D eigenvalue weighted by Gasteiger charge is -2.29. The van der Waals surface area contributed by atoms with Crippen molar-refractivity contribution in [1.82, 2.24) is 14.9 Å². The quantitative estimate of drug-likeness (QED) is 0.633. The third-order valence-electron chi connectivity index (χ3n) is 5.75. The molecule has 0 saturated heterocycles. The summed E-state index contributed by atoms with van der Waals surface area (Å²) in [5, 5.41) is 0. The molecular formula is C20H21F4N3O. The standard InChI is InChI=1S/C20H21F4N3O/c21-14-8-15(22)18(24)13(17(14)23)9-27-7-6-12-16(10-27)25-19(26-20(12)28)11-4-2-1-3-5-11/h8,11H,1-7,9-10H2,(H,25,26,28). The molecule has 150 valence electrons. The molecule has 4 rings (SSSR count). The molecular weight excluding hydrogens is 374 g/mol. The fourth-order valence-electron chi connectivity index (χ4n) is 4.20. The van der Waals surface area contributed by atoms with Gasteiger partial charge in [-0.05, 0) is 19.3 Å². The van der Waals surface area contributed by atoms with Crippen LogP contribution in [0, 0.1) is 23.3 Å². The van der Waals surface area contributed by atoms with Gasteiger partial charge in [0.1, 0.15) is 5.82 Å². The van der Waals surface area contributed by atoms with Gasteiger partial charge >= 0.3 is 0 Å². The zero-order valence-corrected chi connectivity index (χ0v) is 15.3. The number of nitrogens with zero attached hydrogens (tertiary/aromatic N) is 2. The van der Waals surface area contributed by atoms with E-state index in [4.69, 9.17) is 0 Å². The monoisotopic (exact) mass is 395 g/mol. The van der Waals surface area contributed by atoms with E-state index in [1.54, 1.807) is 4.90 Å². The van der Waals surface area contributed by atoms with Crippen molar-refractivity contribution in [2.75, 3.05) is 6.54 Å². The number of hydrogen-bond donors (Lipinski definition) is 1. The predicted octanol–water partition coefficient (Wildman–Crippen LogP) is 3.93. The molecule has 0 atom stereocenters. The third kappa shape index (κ3) is 3.57. The lowest BCUT2D eigenvalue weighted by atomic mass is 9.88. The van der Waals surface area contributed by atoms with Crippen LogP contribution in [0.3, 0.4) is 0 Å². The normalized spacial score (nSPS) is 18.3. The summed E-state index contributed by atoms with van der Waals surface area (Å²) in [5.41, 5.74) is 0.341. The Hall–Kier alpha value is -2.22. The number of rotatable bonds is 3. The summed E-state index contributed by atoms with van der Waals surface area (Å²) < 4.78 is 54.9. The van der Waals surface area contributed by atoms with E-state index in [0.29, 0.717) is 30.0 Å². The van der Waals surface area contributed by atoms with Crippen LogP contribution in [0.2, 0.25) is 0 Å². The summed E-state index contributed by atoms with van der Waals surface area (Å²) in [4.78, 5) is 21.6. The van der Waals surface area contributed by atoms with Crippen LogP contribution >= 0.6 is 0 Å². The van der Waals surface area contributed by atoms with Crippen LogP contribution in [0.5, 0.6) is 0 Å². The van der Waals surface area contributed by atoms with E-state index in [9.17, 15) is 22.4 Å². The van der Waals surface area contributed by atoms with E-state index in [1.165, 1.54) is 6.42 Å². The van der Waals surface area contributed by atoms with Gasteiger partial charge in [-0.3, -0.25) is 9.69 Å². The number of hydrogen-bond acceptors (Lipinski definition) is 3. The van der Waals surface area contributed by atoms with Crippen molar-refractivity contribution < 1.29 is 17.6 Å². The molecule has 2 heterocycles. The molecule has 8 heteroatoms. The van der Waals surface area contributed by atoms with Crippen LogP contribution in [0.25, 0.3) is 0 Å². The molecule has 0 bridgehead atoms. The molecule has 1 aromatic heterocycles. The first-order valence-corrected chi connectivity index (χ1v) is 9.60. The molecule has 0 amide bonds. The Morgan fingerprint density at radius 2 is 1.75 bits per heavy atom. The second-order valence-corrected chi connectivity index (χ2v) is 7.62. The van der Waals surface area contributed by atoms with Crippen molar-refractivity contribution in [2.45, 2.75) is 57.5 Å². The molecule has 1 aliphatic heterocycles. The molecule has 1 fully saturated rings. The third-order valence-corrected chi connectivity index (χ3v) is 5.75. The lowest BCUT2D eigenvalue weighted by molar-refractivity contribution is 0.230. The number of nitrogens with one attached hydrogen (secondary N) is 1. The van der Waals surface area contributed by atoms with E-state index in [-0.39, 0.29) is 30.6 Å². The van der Waals surface area contributed by atoms with Crippen molar-refractivity contribution in [3.8, 4) is 0 Å². The minimum atomic E-state index is -1.42. The first-order chi connectivity index (χ1) is 13.4. The van der Waals surface area contributed by atoms with Gasteiger partial charge in [0.25, 0.3) is 5.56 Å². The topological polar surface area (TPSA) is 49.0 Å². The molecule has 4 nitrogen and oxygen atoms in total. The maximum absolute atomic E-state index is 14.0. The highest BCUT2D eigenvalue weighted by atomic mass is 19.2. The molecule has 28 heavy (non-hydrogen) atoms. The van der Waals surface area contributed by atoms with Gasteiger partial charge in [-0.2, -0.15) is 0 Å². The Morgan fingerprint density at radius 3 is 2.43 bits per heavy atom. The van der Waals surface area contributed by atoms with Crippen LogP contribution in [-0.4, -0.2) is 21.4 Å². The number of halogens is 4. The van der Waals surface area contributed by atoms with E-state index in [1.807, 2.05) is 0 Å². The van der Waals surface area contributed by atoms with Gasteiger partial charge in [-0.15, -0.1) is 0 Å². The number of H-pyrrole nitrogens is 1. The van der Waals surface area contributed by atoms with Crippen molar-refractivity contribution in [1.29, 1.82) is 0 Å². The van der Waals surface area contributed by atoms with Crippen LogP contribution in [0.1, 0.15) is 60.7 Å². The minimum absolute atomic E-state index is 0.167. The van der Waals surface area contributed by atoms with E-state index >= 15 is 0 Å². The van der Waals surface area contributed by atoms with Gasteiger partial charge < -0.3 is 4.98 Å². The van der Waals surface area contributed by atoms with Gasteiger partial charge in [0.05, 0.1) is 5.69 Å². The average Bonchev–Trinajstić information content (AvgIpc) is 2.70. The summed E-state index contributed by atoms with van der Waals surface area (Å²) in [6, 6.07) is 0.206. The number of fused-ring (bicyclic) bond motifs is 1. The van der Waals surface area contributed by atoms with Gasteiger partial charge in [0.15, 0.2) is 23.3 Å². The zero-order chi connectivity index (χ0) is 19.8. The smallest absolute Gasteiger partial charge is 0.254 e. The molecule has 0 spiro atoms. The molecule has 2 aliphatic rings. The van der Waals surface area contributed by atoms with Gasteiger partial charge in [0.2, 0.25) is 0 Å². The molecule has 2 aromatic rings. The molecule has 1 saturated carbocycles. The van der Waals surface area contributed by atoms with Crippen LogP contribution in [0.4, 0.5) is 17.6 Å². The van der Waals surface area contributed by atoms with Crippen molar-refractivity contribution >= 4 is 0 Å². The number of aromatic amines is 1. The summed E-state index contributed by atoms with van der Waals surface area (Å²) >= 11 is 0. The van der Waals surface area contributed by atoms with Gasteiger partial charge in [-0.1, -0.05) is 19.3 Å². The van der Waals surface area contributed by atoms with Gasteiger partial charge in [-0.25, -0.2) is 22.5 Å². The Morgan fingerprint density at radius 1 is 1.07 bits per heavy atom. The molecule has 1 aromatic carbocycles. The fraction of sp³-hybridized carbons (Fsp3) is 0.500. The van der Waals surface area contributed by atoms with Crippen LogP contribution in [0.15, 0.2) is 10.9 Å². The Labute approximate surface area is 159 Å². The first-order valence-electron chi connectivity index (χ1n) is 9.60. The maximum atomic E-state index is 14.0. The average molecular weight is 395 g/mol. The maximum Gasteiger partial charge on any atom is 0.254 e. The predicted molar refractivity (Wildman–Crippen MR) is 94.8 cm³/mol. The van der Waals surface area contributed by atoms with Crippen molar-refractivity contribution in [2.24, 2.45) is 0 Å². The summed E-state index contributed by atoms with van der Waals surface area (Å²) in [6.07, 6.45) is 5.70. The second-order valence-electron chi connectivity index (χ2n) is 7.62. The fourth-order valence-corrected chi connectivity index (χ4v) is 4.20. The zero-order valence-electron chi connectivity index (χ0n) is 15.3. The first kappa shape index (κ1) is 19.1.